The highest BCUT2D eigenvalue weighted by molar-refractivity contribution is 9.12. The lowest BCUT2D eigenvalue weighted by molar-refractivity contribution is 0.0409. The van der Waals surface area contributed by atoms with Crippen molar-refractivity contribution in [3.8, 4) is 0 Å². The second-order valence-electron chi connectivity index (χ2n) is 6.99. The Balaban J connectivity index is 2.12. The van der Waals surface area contributed by atoms with Crippen LogP contribution < -0.4 is 0 Å². The number of hydrogen-bond donors (Lipinski definition) is 0. The van der Waals surface area contributed by atoms with Crippen molar-refractivity contribution in [3.63, 3.8) is 0 Å². The molecular weight excluding hydrogens is 513 g/mol. The fraction of sp³-hybridized carbons (Fsp3) is 0.316. The molecule has 2 aromatic rings. The van der Waals surface area contributed by atoms with E-state index in [1.54, 1.807) is 18.3 Å². The number of allylic oxidation sites excluding steroid dienone is 1. The number of hydrogen-bond acceptors (Lipinski definition) is 5. The van der Waals surface area contributed by atoms with E-state index in [1.165, 1.54) is 28.4 Å². The number of alkyl halides is 1. The summed E-state index contributed by atoms with van der Waals surface area (Å²) in [5.41, 5.74) is 0.788. The van der Waals surface area contributed by atoms with E-state index in [0.29, 0.717) is 26.4 Å². The Morgan fingerprint density at radius 3 is 2.54 bits per heavy atom. The van der Waals surface area contributed by atoms with Gasteiger partial charge >= 0.3 is 6.09 Å². The maximum atomic E-state index is 13.4. The first kappa shape index (κ1) is 21.1. The number of aromatic nitrogens is 1. The van der Waals surface area contributed by atoms with E-state index >= 15 is 0 Å². The third kappa shape index (κ3) is 4.52. The van der Waals surface area contributed by atoms with Gasteiger partial charge in [-0.15, -0.1) is 11.3 Å². The van der Waals surface area contributed by atoms with Crippen molar-refractivity contribution >= 4 is 55.1 Å². The lowest BCUT2D eigenvalue weighted by Crippen LogP contribution is -2.43. The van der Waals surface area contributed by atoms with Crippen molar-refractivity contribution in [2.75, 3.05) is 5.33 Å². The van der Waals surface area contributed by atoms with Crippen LogP contribution in [0.3, 0.4) is 0 Å². The maximum absolute atomic E-state index is 13.4. The molecule has 0 N–H and O–H groups in total. The number of carbonyl (C=O) groups is 1. The highest BCUT2D eigenvalue weighted by Crippen LogP contribution is 2.40. The molecule has 0 bridgehead atoms. The van der Waals surface area contributed by atoms with E-state index in [-0.39, 0.29) is 5.82 Å². The molecular formula is C19H18Br2FN3O2S. The van der Waals surface area contributed by atoms with Crippen molar-refractivity contribution in [2.45, 2.75) is 32.4 Å². The average molecular weight is 531 g/mol. The van der Waals surface area contributed by atoms with Gasteiger partial charge in [0.25, 0.3) is 0 Å². The number of rotatable bonds is 3. The summed E-state index contributed by atoms with van der Waals surface area (Å²) in [5, 5.41) is 2.80. The van der Waals surface area contributed by atoms with Crippen molar-refractivity contribution in [1.29, 1.82) is 0 Å². The fourth-order valence-electron chi connectivity index (χ4n) is 2.61. The van der Waals surface area contributed by atoms with E-state index in [1.807, 2.05) is 26.2 Å². The Morgan fingerprint density at radius 1 is 1.32 bits per heavy atom. The molecule has 9 heteroatoms. The first-order valence-corrected chi connectivity index (χ1v) is 11.2. The normalized spacial score (nSPS) is 17.6. The van der Waals surface area contributed by atoms with Gasteiger partial charge in [0.05, 0.1) is 5.70 Å². The quantitative estimate of drug-likeness (QED) is 0.456. The first-order valence-electron chi connectivity index (χ1n) is 8.42. The summed E-state index contributed by atoms with van der Waals surface area (Å²) in [6, 6.07) is 5.72. The summed E-state index contributed by atoms with van der Waals surface area (Å²) >= 11 is 8.45. The molecule has 1 unspecified atom stereocenters. The van der Waals surface area contributed by atoms with Crippen molar-refractivity contribution in [1.82, 2.24) is 9.88 Å². The fourth-order valence-corrected chi connectivity index (χ4v) is 4.84. The predicted octanol–water partition coefficient (Wildman–Crippen LogP) is 6.02. The Morgan fingerprint density at radius 2 is 2.00 bits per heavy atom. The van der Waals surface area contributed by atoms with Gasteiger partial charge in [-0.1, -0.05) is 44.0 Å². The van der Waals surface area contributed by atoms with Crippen LogP contribution in [0, 0.1) is 5.82 Å². The highest BCUT2D eigenvalue weighted by atomic mass is 79.9. The third-order valence-corrected chi connectivity index (χ3v) is 5.95. The molecule has 1 aromatic carbocycles. The Hall–Kier alpha value is -1.58. The van der Waals surface area contributed by atoms with Crippen molar-refractivity contribution in [2.24, 2.45) is 4.99 Å². The number of amides is 1. The van der Waals surface area contributed by atoms with E-state index in [0.717, 1.165) is 5.56 Å². The summed E-state index contributed by atoms with van der Waals surface area (Å²) in [7, 11) is 0. The van der Waals surface area contributed by atoms with E-state index in [9.17, 15) is 9.18 Å². The minimum absolute atomic E-state index is 0.320. The molecule has 1 aromatic heterocycles. The van der Waals surface area contributed by atoms with Gasteiger partial charge < -0.3 is 4.74 Å². The van der Waals surface area contributed by atoms with Crippen LogP contribution in [0.25, 0.3) is 0 Å². The van der Waals surface area contributed by atoms with Crippen LogP contribution in [-0.4, -0.2) is 32.7 Å². The topological polar surface area (TPSA) is 54.8 Å². The SMILES string of the molecule is CC(C)(C)OC(=O)N1C(c2nccs2)=NC(c2ccc(F)cc2)C(Br)=C1CBr. The van der Waals surface area contributed by atoms with Crippen molar-refractivity contribution in [3.05, 3.63) is 62.4 Å². The molecule has 0 saturated heterocycles. The monoisotopic (exact) mass is 529 g/mol. The summed E-state index contributed by atoms with van der Waals surface area (Å²) in [6.07, 6.45) is 1.12. The van der Waals surface area contributed by atoms with Gasteiger partial charge in [0, 0.05) is 21.4 Å². The molecule has 0 aliphatic carbocycles. The van der Waals surface area contributed by atoms with Gasteiger partial charge in [-0.3, -0.25) is 4.99 Å². The number of amidine groups is 1. The summed E-state index contributed by atoms with van der Waals surface area (Å²) in [6.45, 7) is 5.43. The van der Waals surface area contributed by atoms with Gasteiger partial charge in [-0.25, -0.2) is 19.1 Å². The number of thiazole rings is 1. The van der Waals surface area contributed by atoms with Crippen LogP contribution in [0.15, 0.2) is 51.0 Å². The Bertz CT molecular complexity index is 922. The van der Waals surface area contributed by atoms with Gasteiger partial charge in [0.1, 0.15) is 17.5 Å². The number of aliphatic imine (C=N–C) groups is 1. The molecule has 1 aliphatic rings. The lowest BCUT2D eigenvalue weighted by Gasteiger charge is -2.34. The maximum Gasteiger partial charge on any atom is 0.420 e. The molecule has 28 heavy (non-hydrogen) atoms. The molecule has 3 rings (SSSR count). The molecule has 1 amide bonds. The molecule has 2 heterocycles. The molecule has 0 radical (unpaired) electrons. The second-order valence-corrected chi connectivity index (χ2v) is 9.30. The van der Waals surface area contributed by atoms with Crippen LogP contribution in [0.2, 0.25) is 0 Å². The van der Waals surface area contributed by atoms with Gasteiger partial charge in [-0.05, 0) is 38.5 Å². The zero-order chi connectivity index (χ0) is 20.5. The standard InChI is InChI=1S/C19H18Br2FN3O2S/c1-19(2,3)27-18(26)25-13(10-20)14(21)15(11-4-6-12(22)7-5-11)24-16(25)17-23-8-9-28-17/h4-9,15H,10H2,1-3H3. The minimum Gasteiger partial charge on any atom is -0.443 e. The number of carbonyl (C=O) groups excluding carboxylic acids is 1. The summed E-state index contributed by atoms with van der Waals surface area (Å²) in [4.78, 5) is 23.5. The number of benzene rings is 1. The van der Waals surface area contributed by atoms with E-state index in [4.69, 9.17) is 9.73 Å². The molecule has 1 atom stereocenters. The first-order chi connectivity index (χ1) is 13.2. The zero-order valence-corrected chi connectivity index (χ0v) is 19.4. The molecule has 5 nitrogen and oxygen atoms in total. The van der Waals surface area contributed by atoms with Crippen LogP contribution >= 0.6 is 43.2 Å². The lowest BCUT2D eigenvalue weighted by atomic mass is 10.0. The van der Waals surface area contributed by atoms with Gasteiger partial charge in [-0.2, -0.15) is 0 Å². The average Bonchev–Trinajstić information content (AvgIpc) is 3.15. The van der Waals surface area contributed by atoms with Crippen LogP contribution in [0.4, 0.5) is 9.18 Å². The van der Waals surface area contributed by atoms with Crippen LogP contribution in [0.1, 0.15) is 37.4 Å². The molecule has 0 saturated carbocycles. The summed E-state index contributed by atoms with van der Waals surface area (Å²) in [5.74, 6) is 0.0797. The number of nitrogens with zero attached hydrogens (tertiary/aromatic N) is 3. The van der Waals surface area contributed by atoms with Gasteiger partial charge in [0.2, 0.25) is 0 Å². The predicted molar refractivity (Wildman–Crippen MR) is 116 cm³/mol. The Labute approximate surface area is 183 Å². The smallest absolute Gasteiger partial charge is 0.420 e. The Kier molecular flexibility index (Phi) is 6.36. The number of halogens is 3. The van der Waals surface area contributed by atoms with Gasteiger partial charge in [0.15, 0.2) is 10.8 Å². The molecule has 0 spiro atoms. The molecule has 1 aliphatic heterocycles. The van der Waals surface area contributed by atoms with E-state index < -0.39 is 17.7 Å². The summed E-state index contributed by atoms with van der Waals surface area (Å²) < 4.78 is 19.7. The second kappa shape index (κ2) is 8.42. The number of ether oxygens (including phenoxy) is 1. The zero-order valence-electron chi connectivity index (χ0n) is 15.4. The molecule has 0 fully saturated rings. The highest BCUT2D eigenvalue weighted by Gasteiger charge is 2.37. The van der Waals surface area contributed by atoms with Crippen LogP contribution in [-0.2, 0) is 4.74 Å². The third-order valence-electron chi connectivity index (χ3n) is 3.76. The van der Waals surface area contributed by atoms with Crippen molar-refractivity contribution < 1.29 is 13.9 Å². The van der Waals surface area contributed by atoms with E-state index in [2.05, 4.69) is 36.8 Å². The molecule has 148 valence electrons. The van der Waals surface area contributed by atoms with Crippen LogP contribution in [0.5, 0.6) is 0 Å². The largest absolute Gasteiger partial charge is 0.443 e. The minimum atomic E-state index is -0.664.